The van der Waals surface area contributed by atoms with Gasteiger partial charge in [-0.2, -0.15) is 0 Å². The third-order valence-electron chi connectivity index (χ3n) is 2.48. The standard InChI is InChI=1S/C12H12N2O4S/c15-10-3-1-9(2-4-10)7-14-19(17,18)12-8-13-6-5-11(12)16/h1-6,8,14-15H,7H2,(H,13,16). The molecule has 1 aromatic carbocycles. The summed E-state index contributed by atoms with van der Waals surface area (Å²) in [5.74, 6) is 0.103. The van der Waals surface area contributed by atoms with Crippen LogP contribution in [-0.4, -0.2) is 18.5 Å². The number of aromatic hydroxyl groups is 1. The number of hydrogen-bond acceptors (Lipinski definition) is 4. The summed E-state index contributed by atoms with van der Waals surface area (Å²) in [6, 6.07) is 7.24. The van der Waals surface area contributed by atoms with Crippen LogP contribution in [-0.2, 0) is 16.6 Å². The molecule has 0 fully saturated rings. The highest BCUT2D eigenvalue weighted by atomic mass is 32.2. The Labute approximate surface area is 109 Å². The van der Waals surface area contributed by atoms with E-state index in [4.69, 9.17) is 5.11 Å². The number of H-pyrrole nitrogens is 1. The molecule has 0 unspecified atom stereocenters. The van der Waals surface area contributed by atoms with Crippen molar-refractivity contribution in [1.29, 1.82) is 0 Å². The van der Waals surface area contributed by atoms with Crippen LogP contribution in [0.15, 0.2) is 52.4 Å². The molecule has 0 amide bonds. The highest BCUT2D eigenvalue weighted by molar-refractivity contribution is 7.89. The molecule has 2 aromatic rings. The van der Waals surface area contributed by atoms with Gasteiger partial charge < -0.3 is 10.1 Å². The molecule has 0 radical (unpaired) electrons. The fourth-order valence-corrected chi connectivity index (χ4v) is 2.55. The van der Waals surface area contributed by atoms with Gasteiger partial charge in [-0.1, -0.05) is 12.1 Å². The van der Waals surface area contributed by atoms with E-state index < -0.39 is 15.5 Å². The van der Waals surface area contributed by atoms with E-state index in [1.807, 2.05) is 0 Å². The molecule has 0 aliphatic rings. The molecule has 6 nitrogen and oxygen atoms in total. The highest BCUT2D eigenvalue weighted by Crippen LogP contribution is 2.10. The molecule has 0 aliphatic heterocycles. The molecule has 0 saturated heterocycles. The Morgan fingerprint density at radius 2 is 1.84 bits per heavy atom. The van der Waals surface area contributed by atoms with Gasteiger partial charge in [0.05, 0.1) is 0 Å². The van der Waals surface area contributed by atoms with E-state index in [1.54, 1.807) is 12.1 Å². The lowest BCUT2D eigenvalue weighted by atomic mass is 10.2. The second kappa shape index (κ2) is 5.25. The SMILES string of the molecule is O=c1cc[nH]cc1S(=O)(=O)NCc1ccc(O)cc1. The first-order valence-corrected chi connectivity index (χ1v) is 6.92. The number of phenols is 1. The van der Waals surface area contributed by atoms with E-state index in [9.17, 15) is 13.2 Å². The van der Waals surface area contributed by atoms with Gasteiger partial charge in [-0.3, -0.25) is 4.79 Å². The Kier molecular flexibility index (Phi) is 3.68. The number of sulfonamides is 1. The molecular formula is C12H12N2O4S. The Balaban J connectivity index is 2.17. The van der Waals surface area contributed by atoms with Gasteiger partial charge in [-0.15, -0.1) is 0 Å². The van der Waals surface area contributed by atoms with E-state index in [-0.39, 0.29) is 17.2 Å². The number of aromatic nitrogens is 1. The van der Waals surface area contributed by atoms with Crippen LogP contribution in [0.4, 0.5) is 0 Å². The topological polar surface area (TPSA) is 99.3 Å². The van der Waals surface area contributed by atoms with Gasteiger partial charge in [0, 0.05) is 25.0 Å². The molecule has 0 saturated carbocycles. The Bertz CT molecular complexity index is 720. The lowest BCUT2D eigenvalue weighted by molar-refractivity contribution is 0.475. The van der Waals surface area contributed by atoms with Crippen molar-refractivity contribution in [3.05, 3.63) is 58.5 Å². The minimum Gasteiger partial charge on any atom is -0.508 e. The van der Waals surface area contributed by atoms with E-state index >= 15 is 0 Å². The normalized spacial score (nSPS) is 11.4. The molecule has 19 heavy (non-hydrogen) atoms. The first-order valence-electron chi connectivity index (χ1n) is 5.44. The summed E-state index contributed by atoms with van der Waals surface area (Å²) in [5.41, 5.74) is 0.102. The van der Waals surface area contributed by atoms with Gasteiger partial charge in [0.15, 0.2) is 0 Å². The van der Waals surface area contributed by atoms with Crippen LogP contribution in [0.5, 0.6) is 5.75 Å². The van der Waals surface area contributed by atoms with Crippen LogP contribution in [0.3, 0.4) is 0 Å². The van der Waals surface area contributed by atoms with Crippen molar-refractivity contribution in [2.45, 2.75) is 11.4 Å². The van der Waals surface area contributed by atoms with Gasteiger partial charge in [0.2, 0.25) is 15.5 Å². The molecule has 0 atom stereocenters. The minimum absolute atomic E-state index is 0.0386. The zero-order valence-corrected chi connectivity index (χ0v) is 10.6. The van der Waals surface area contributed by atoms with E-state index in [2.05, 4.69) is 9.71 Å². The maximum atomic E-state index is 11.9. The lowest BCUT2D eigenvalue weighted by Crippen LogP contribution is -2.27. The largest absolute Gasteiger partial charge is 0.508 e. The number of hydrogen-bond donors (Lipinski definition) is 3. The van der Waals surface area contributed by atoms with Crippen molar-refractivity contribution in [3.63, 3.8) is 0 Å². The first-order chi connectivity index (χ1) is 8.99. The van der Waals surface area contributed by atoms with Gasteiger partial charge in [0.1, 0.15) is 10.6 Å². The van der Waals surface area contributed by atoms with Crippen molar-refractivity contribution < 1.29 is 13.5 Å². The third-order valence-corrected chi connectivity index (χ3v) is 3.90. The maximum absolute atomic E-state index is 11.9. The molecule has 7 heteroatoms. The Morgan fingerprint density at radius 1 is 1.16 bits per heavy atom. The number of phenolic OH excluding ortho intramolecular Hbond substituents is 1. The molecule has 0 bridgehead atoms. The van der Waals surface area contributed by atoms with Crippen LogP contribution < -0.4 is 10.2 Å². The maximum Gasteiger partial charge on any atom is 0.246 e. The Hall–Kier alpha value is -2.12. The summed E-state index contributed by atoms with van der Waals surface area (Å²) >= 11 is 0. The van der Waals surface area contributed by atoms with Crippen molar-refractivity contribution in [3.8, 4) is 5.75 Å². The van der Waals surface area contributed by atoms with E-state index in [1.165, 1.54) is 18.3 Å². The smallest absolute Gasteiger partial charge is 0.246 e. The second-order valence-electron chi connectivity index (χ2n) is 3.86. The minimum atomic E-state index is -3.86. The summed E-state index contributed by atoms with van der Waals surface area (Å²) in [5, 5.41) is 9.12. The van der Waals surface area contributed by atoms with Crippen molar-refractivity contribution in [2.75, 3.05) is 0 Å². The van der Waals surface area contributed by atoms with Crippen LogP contribution in [0.2, 0.25) is 0 Å². The van der Waals surface area contributed by atoms with Crippen LogP contribution in [0.1, 0.15) is 5.56 Å². The summed E-state index contributed by atoms with van der Waals surface area (Å²) in [4.78, 5) is 13.7. The predicted molar refractivity (Wildman–Crippen MR) is 69.2 cm³/mol. The van der Waals surface area contributed by atoms with E-state index in [0.29, 0.717) is 5.56 Å². The highest BCUT2D eigenvalue weighted by Gasteiger charge is 2.16. The number of pyridine rings is 1. The number of nitrogens with one attached hydrogen (secondary N) is 2. The average molecular weight is 280 g/mol. The summed E-state index contributed by atoms with van der Waals surface area (Å²) in [7, 11) is -3.86. The average Bonchev–Trinajstić information content (AvgIpc) is 2.38. The molecular weight excluding hydrogens is 268 g/mol. The van der Waals surface area contributed by atoms with Gasteiger partial charge in [-0.05, 0) is 17.7 Å². The molecule has 2 rings (SSSR count). The van der Waals surface area contributed by atoms with Crippen molar-refractivity contribution in [2.24, 2.45) is 0 Å². The first kappa shape index (κ1) is 13.3. The fraction of sp³-hybridized carbons (Fsp3) is 0.0833. The molecule has 1 heterocycles. The number of rotatable bonds is 4. The fourth-order valence-electron chi connectivity index (χ4n) is 1.48. The van der Waals surface area contributed by atoms with Gasteiger partial charge >= 0.3 is 0 Å². The monoisotopic (exact) mass is 280 g/mol. The number of aromatic amines is 1. The van der Waals surface area contributed by atoms with Crippen LogP contribution >= 0.6 is 0 Å². The number of benzene rings is 1. The molecule has 100 valence electrons. The lowest BCUT2D eigenvalue weighted by Gasteiger charge is -2.06. The Morgan fingerprint density at radius 3 is 2.47 bits per heavy atom. The molecule has 0 aliphatic carbocycles. The summed E-state index contributed by atoms with van der Waals surface area (Å²) in [6.45, 7) is 0.0386. The van der Waals surface area contributed by atoms with Crippen molar-refractivity contribution >= 4 is 10.0 Å². The molecule has 3 N–H and O–H groups in total. The third kappa shape index (κ3) is 3.21. The predicted octanol–water partition coefficient (Wildman–Crippen LogP) is 0.559. The molecule has 1 aromatic heterocycles. The second-order valence-corrected chi connectivity index (χ2v) is 5.60. The van der Waals surface area contributed by atoms with Gasteiger partial charge in [0.25, 0.3) is 0 Å². The summed E-state index contributed by atoms with van der Waals surface area (Å²) in [6.07, 6.45) is 2.50. The quantitative estimate of drug-likeness (QED) is 0.762. The van der Waals surface area contributed by atoms with Crippen LogP contribution in [0.25, 0.3) is 0 Å². The summed E-state index contributed by atoms with van der Waals surface area (Å²) < 4.78 is 26.1. The molecule has 0 spiro atoms. The zero-order valence-electron chi connectivity index (χ0n) is 9.83. The van der Waals surface area contributed by atoms with Crippen molar-refractivity contribution in [1.82, 2.24) is 9.71 Å². The van der Waals surface area contributed by atoms with Crippen LogP contribution in [0, 0.1) is 0 Å². The van der Waals surface area contributed by atoms with Gasteiger partial charge in [-0.25, -0.2) is 13.1 Å². The van der Waals surface area contributed by atoms with E-state index in [0.717, 1.165) is 12.3 Å². The zero-order chi connectivity index (χ0) is 13.9.